The van der Waals surface area contributed by atoms with Gasteiger partial charge >= 0.3 is 5.97 Å². The van der Waals surface area contributed by atoms with Gasteiger partial charge in [0, 0.05) is 0 Å². The molecular formula is C46H90N16O13. The number of carbonyl (C=O) groups is 10. The summed E-state index contributed by atoms with van der Waals surface area (Å²) in [6, 6.07) is -13.7. The van der Waals surface area contributed by atoms with Gasteiger partial charge in [-0.25, -0.2) is 4.79 Å². The average Bonchev–Trinajstić information content (AvgIpc) is 3.32. The van der Waals surface area contributed by atoms with Crippen LogP contribution in [0.5, 0.6) is 0 Å². The quantitative estimate of drug-likeness (QED) is 0.0254. The van der Waals surface area contributed by atoms with E-state index in [9.17, 15) is 63.3 Å². The smallest absolute Gasteiger partial charge is 0.328 e. The van der Waals surface area contributed by atoms with E-state index in [1.54, 1.807) is 27.7 Å². The Morgan fingerprint density at radius 1 is 0.347 bits per heavy atom. The second kappa shape index (κ2) is 37.1. The molecule has 12 atom stereocenters. The molecule has 0 aromatic heterocycles. The van der Waals surface area contributed by atoms with E-state index < -0.39 is 132 Å². The molecule has 29 heteroatoms. The number of unbranched alkanes of at least 4 members (excludes halogenated alkanes) is 1. The van der Waals surface area contributed by atoms with E-state index in [-0.39, 0.29) is 102 Å². The van der Waals surface area contributed by atoms with Crippen LogP contribution in [0.15, 0.2) is 0 Å². The van der Waals surface area contributed by atoms with Crippen molar-refractivity contribution in [2.24, 2.45) is 52.0 Å². The summed E-state index contributed by atoms with van der Waals surface area (Å²) < 4.78 is 0. The largest absolute Gasteiger partial charge is 0.480 e. The van der Waals surface area contributed by atoms with Crippen molar-refractivity contribution in [3.8, 4) is 0 Å². The van der Waals surface area contributed by atoms with Crippen molar-refractivity contribution in [1.29, 1.82) is 0 Å². The van der Waals surface area contributed by atoms with Gasteiger partial charge in [-0.05, 0) is 129 Å². The van der Waals surface area contributed by atoms with Crippen LogP contribution in [0, 0.1) is 11.8 Å². The minimum atomic E-state index is -1.70. The van der Waals surface area contributed by atoms with Gasteiger partial charge in [0.05, 0.1) is 18.2 Å². The zero-order valence-electron chi connectivity index (χ0n) is 44.4. The third-order valence-electron chi connectivity index (χ3n) is 11.5. The number of rotatable bonds is 39. The van der Waals surface area contributed by atoms with Crippen LogP contribution in [-0.2, 0) is 47.9 Å². The highest BCUT2D eigenvalue weighted by molar-refractivity contribution is 5.98. The topological polar surface area (TPSA) is 522 Å². The molecule has 26 N–H and O–H groups in total. The van der Waals surface area contributed by atoms with Crippen molar-refractivity contribution < 1.29 is 63.3 Å². The SMILES string of the molecule is CC(C)C[C@H](NC(=O)[C@@H](CC(C)C)NC(=O)[C@H](CCN)NC(=O)[C@H](CCN)NC(=O)[C@H](CCN)NC(=O)[C@@H](NC(=O)[C@@H](N)CCN)[C@@H](C)O)C(=O)N[C@@H](CCCCN)C(=O)N[C@@H](CCN)C(=O)N[C@H](C(=O)O)[C@@H](C)O. The van der Waals surface area contributed by atoms with E-state index in [2.05, 4.69) is 47.9 Å². The molecule has 0 bridgehead atoms. The van der Waals surface area contributed by atoms with E-state index in [0.717, 1.165) is 6.92 Å². The summed E-state index contributed by atoms with van der Waals surface area (Å²) >= 11 is 0. The molecule has 0 spiro atoms. The Morgan fingerprint density at radius 2 is 0.627 bits per heavy atom. The van der Waals surface area contributed by atoms with Gasteiger partial charge in [0.25, 0.3) is 0 Å². The molecule has 0 aliphatic rings. The van der Waals surface area contributed by atoms with Gasteiger partial charge in [-0.15, -0.1) is 0 Å². The number of hydrogen-bond acceptors (Lipinski definition) is 19. The van der Waals surface area contributed by atoms with Gasteiger partial charge < -0.3 is 103 Å². The van der Waals surface area contributed by atoms with E-state index in [1.807, 2.05) is 0 Å². The molecule has 0 radical (unpaired) electrons. The Morgan fingerprint density at radius 3 is 0.920 bits per heavy atom. The summed E-state index contributed by atoms with van der Waals surface area (Å²) in [4.78, 5) is 134. The summed E-state index contributed by atoms with van der Waals surface area (Å²) in [7, 11) is 0. The standard InChI is InChI=1S/C46H90N16O13/c1-23(2)21-33(43(71)54-28(9-7-8-15-47)38(66)57-32(14-20-52)42(70)62-36(26(6)64)46(74)75)60-44(72)34(22-24(3)4)59-41(69)30(12-18-50)56-39(67)29(11-17-49)55-40(68)31(13-19-51)58-45(73)35(25(5)63)61-37(65)27(53)10-16-48/h23-36,63-64H,7-22,47-53H2,1-6H3,(H,54,71)(H,55,68)(H,56,67)(H,57,66)(H,58,73)(H,59,69)(H,60,72)(H,61,65)(H,62,70)(H,74,75)/t25-,26-,27+,28+,29+,30+,31+,32+,33+,34-,35+,36+/m1/s1. The second-order valence-corrected chi connectivity index (χ2v) is 19.3. The molecule has 0 rings (SSSR count). The van der Waals surface area contributed by atoms with Crippen molar-refractivity contribution in [1.82, 2.24) is 47.9 Å². The molecule has 0 fully saturated rings. The molecule has 0 aromatic rings. The number of aliphatic hydroxyl groups excluding tert-OH is 2. The van der Waals surface area contributed by atoms with Gasteiger partial charge in [0.1, 0.15) is 48.3 Å². The minimum absolute atomic E-state index is 0.0396. The first-order valence-electron chi connectivity index (χ1n) is 25.5. The predicted octanol–water partition coefficient (Wildman–Crippen LogP) is -7.51. The Hall–Kier alpha value is -5.66. The Bertz CT molecular complexity index is 1830. The third-order valence-corrected chi connectivity index (χ3v) is 11.5. The molecule has 0 aliphatic heterocycles. The molecule has 0 saturated heterocycles. The minimum Gasteiger partial charge on any atom is -0.480 e. The van der Waals surface area contributed by atoms with Crippen LogP contribution >= 0.6 is 0 Å². The number of carbonyl (C=O) groups excluding carboxylic acids is 9. The van der Waals surface area contributed by atoms with Gasteiger partial charge in [-0.1, -0.05) is 27.7 Å². The number of nitrogens with one attached hydrogen (secondary N) is 9. The molecule has 9 amide bonds. The summed E-state index contributed by atoms with van der Waals surface area (Å²) in [5, 5.41) is 52.2. The van der Waals surface area contributed by atoms with Crippen LogP contribution in [0.4, 0.5) is 0 Å². The molecule has 0 aliphatic carbocycles. The summed E-state index contributed by atoms with van der Waals surface area (Å²) in [6.07, 6.45) is -2.47. The molecule has 0 aromatic carbocycles. The van der Waals surface area contributed by atoms with Gasteiger partial charge in [-0.3, -0.25) is 43.2 Å². The molecular weight excluding hydrogens is 985 g/mol. The normalized spacial score (nSPS) is 16.2. The average molecular weight is 1080 g/mol. The zero-order valence-corrected chi connectivity index (χ0v) is 44.4. The van der Waals surface area contributed by atoms with Gasteiger partial charge in [0.2, 0.25) is 53.2 Å². The molecule has 0 heterocycles. The summed E-state index contributed by atoms with van der Waals surface area (Å²) in [5.74, 6) is -9.64. The third kappa shape index (κ3) is 26.6. The van der Waals surface area contributed by atoms with Crippen molar-refractivity contribution in [2.45, 2.75) is 178 Å². The fourth-order valence-corrected chi connectivity index (χ4v) is 7.42. The molecule has 0 unspecified atom stereocenters. The number of amides is 9. The van der Waals surface area contributed by atoms with Crippen molar-refractivity contribution >= 4 is 59.1 Å². The Labute approximate surface area is 438 Å². The van der Waals surface area contributed by atoms with Crippen LogP contribution in [0.2, 0.25) is 0 Å². The van der Waals surface area contributed by atoms with E-state index >= 15 is 0 Å². The maximum atomic E-state index is 14.1. The molecule has 432 valence electrons. The van der Waals surface area contributed by atoms with Crippen LogP contribution in [0.3, 0.4) is 0 Å². The van der Waals surface area contributed by atoms with Gasteiger partial charge in [-0.2, -0.15) is 0 Å². The lowest BCUT2D eigenvalue weighted by Gasteiger charge is -2.29. The monoisotopic (exact) mass is 1070 g/mol. The lowest BCUT2D eigenvalue weighted by molar-refractivity contribution is -0.145. The van der Waals surface area contributed by atoms with E-state index in [1.165, 1.54) is 6.92 Å². The second-order valence-electron chi connectivity index (χ2n) is 19.3. The van der Waals surface area contributed by atoms with Crippen LogP contribution in [-0.4, -0.2) is 186 Å². The van der Waals surface area contributed by atoms with E-state index in [0.29, 0.717) is 12.8 Å². The number of carboxylic acid groups (broad SMARTS) is 1. The highest BCUT2D eigenvalue weighted by Gasteiger charge is 2.36. The van der Waals surface area contributed by atoms with E-state index in [4.69, 9.17) is 40.1 Å². The van der Waals surface area contributed by atoms with Gasteiger partial charge in [0.15, 0.2) is 6.04 Å². The molecule has 0 saturated carbocycles. The number of nitrogens with two attached hydrogens (primary N) is 7. The van der Waals surface area contributed by atoms with Crippen molar-refractivity contribution in [2.75, 3.05) is 39.3 Å². The maximum Gasteiger partial charge on any atom is 0.328 e. The zero-order chi connectivity index (χ0) is 57.5. The summed E-state index contributed by atoms with van der Waals surface area (Å²) in [6.45, 7) is 9.35. The highest BCUT2D eigenvalue weighted by Crippen LogP contribution is 2.12. The number of carboxylic acids is 1. The van der Waals surface area contributed by atoms with Crippen molar-refractivity contribution in [3.05, 3.63) is 0 Å². The number of aliphatic hydroxyl groups is 2. The fraction of sp³-hybridized carbons (Fsp3) is 0.783. The lowest BCUT2D eigenvalue weighted by Crippen LogP contribution is -2.61. The first-order chi connectivity index (χ1) is 35.2. The summed E-state index contributed by atoms with van der Waals surface area (Å²) in [5.41, 5.74) is 40.1. The number of aliphatic carboxylic acids is 1. The molecule has 29 nitrogen and oxygen atoms in total. The Kier molecular flexibility index (Phi) is 34.3. The predicted molar refractivity (Wildman–Crippen MR) is 277 cm³/mol. The lowest BCUT2D eigenvalue weighted by atomic mass is 9.99. The van der Waals surface area contributed by atoms with Crippen molar-refractivity contribution in [3.63, 3.8) is 0 Å². The van der Waals surface area contributed by atoms with Crippen LogP contribution in [0.1, 0.15) is 106 Å². The maximum absolute atomic E-state index is 14.1. The highest BCUT2D eigenvalue weighted by atomic mass is 16.4. The first kappa shape index (κ1) is 69.3. The van der Waals surface area contributed by atoms with Crippen LogP contribution < -0.4 is 88.0 Å². The van der Waals surface area contributed by atoms with Crippen LogP contribution in [0.25, 0.3) is 0 Å². The Balaban J connectivity index is 6.52. The molecule has 75 heavy (non-hydrogen) atoms. The fourth-order valence-electron chi connectivity index (χ4n) is 7.42. The number of hydrogen-bond donors (Lipinski definition) is 19. The first-order valence-corrected chi connectivity index (χ1v) is 25.5.